The average molecular weight is 263 g/mol. The molecule has 1 unspecified atom stereocenters. The van der Waals surface area contributed by atoms with E-state index < -0.39 is 5.82 Å². The first-order valence-electron chi connectivity index (χ1n) is 6.36. The van der Waals surface area contributed by atoms with Crippen LogP contribution in [0.2, 0.25) is 0 Å². The van der Waals surface area contributed by atoms with Crippen LogP contribution < -0.4 is 5.32 Å². The number of aromatic hydroxyl groups is 1. The zero-order valence-corrected chi connectivity index (χ0v) is 10.9. The van der Waals surface area contributed by atoms with E-state index in [0.717, 1.165) is 25.6 Å². The molecule has 0 bridgehead atoms. The predicted octanol–water partition coefficient (Wildman–Crippen LogP) is 2.47. The van der Waals surface area contributed by atoms with E-state index in [1.165, 1.54) is 6.07 Å². The van der Waals surface area contributed by atoms with Gasteiger partial charge in [0.15, 0.2) is 0 Å². The third-order valence-electron chi connectivity index (χ3n) is 3.03. The molecule has 0 aliphatic heterocycles. The lowest BCUT2D eigenvalue weighted by atomic mass is 10.1. The lowest BCUT2D eigenvalue weighted by molar-refractivity contribution is 0.442. The minimum Gasteiger partial charge on any atom is -0.508 e. The summed E-state index contributed by atoms with van der Waals surface area (Å²) in [4.78, 5) is 0. The predicted molar refractivity (Wildman–Crippen MR) is 71.3 cm³/mol. The first kappa shape index (κ1) is 13.5. The molecule has 2 rings (SSSR count). The first-order chi connectivity index (χ1) is 9.16. The molecule has 0 saturated heterocycles. The van der Waals surface area contributed by atoms with Crippen LogP contribution in [0.4, 0.5) is 4.39 Å². The molecule has 1 aromatic heterocycles. The second-order valence-corrected chi connectivity index (χ2v) is 4.50. The van der Waals surface area contributed by atoms with E-state index in [0.29, 0.717) is 5.56 Å². The topological polar surface area (TPSA) is 50.1 Å². The third kappa shape index (κ3) is 3.79. The van der Waals surface area contributed by atoms with Crippen LogP contribution in [0.15, 0.2) is 36.7 Å². The number of phenolic OH excluding ortho intramolecular Hbond substituents is 1. The van der Waals surface area contributed by atoms with Crippen LogP contribution in [-0.2, 0) is 6.54 Å². The van der Waals surface area contributed by atoms with E-state index in [1.807, 2.05) is 23.9 Å². The Balaban J connectivity index is 1.79. The number of aromatic nitrogens is 2. The maximum absolute atomic E-state index is 12.9. The summed E-state index contributed by atoms with van der Waals surface area (Å²) < 4.78 is 14.8. The molecule has 5 heteroatoms. The summed E-state index contributed by atoms with van der Waals surface area (Å²) in [5, 5.41) is 17.1. The van der Waals surface area contributed by atoms with Crippen LogP contribution in [0.3, 0.4) is 0 Å². The number of phenols is 1. The molecule has 2 N–H and O–H groups in total. The number of halogens is 1. The number of aryl methyl sites for hydroxylation is 1. The number of nitrogens with zero attached hydrogens (tertiary/aromatic N) is 2. The Morgan fingerprint density at radius 1 is 1.47 bits per heavy atom. The van der Waals surface area contributed by atoms with E-state index in [-0.39, 0.29) is 11.8 Å². The Kier molecular flexibility index (Phi) is 4.52. The van der Waals surface area contributed by atoms with Crippen molar-refractivity contribution in [2.24, 2.45) is 0 Å². The molecule has 102 valence electrons. The summed E-state index contributed by atoms with van der Waals surface area (Å²) in [7, 11) is 0. The van der Waals surface area contributed by atoms with Crippen molar-refractivity contribution < 1.29 is 9.50 Å². The lowest BCUT2D eigenvalue weighted by Crippen LogP contribution is -2.21. The molecule has 19 heavy (non-hydrogen) atoms. The maximum Gasteiger partial charge on any atom is 0.126 e. The smallest absolute Gasteiger partial charge is 0.126 e. The molecule has 1 heterocycles. The average Bonchev–Trinajstić information content (AvgIpc) is 2.87. The van der Waals surface area contributed by atoms with Crippen LogP contribution >= 0.6 is 0 Å². The SMILES string of the molecule is CC(NCCCn1cccn1)c1ccc(F)cc1O. The van der Waals surface area contributed by atoms with Crippen LogP contribution in [0.1, 0.15) is 24.9 Å². The van der Waals surface area contributed by atoms with Gasteiger partial charge in [0, 0.05) is 36.6 Å². The van der Waals surface area contributed by atoms with Gasteiger partial charge in [-0.25, -0.2) is 4.39 Å². The Hall–Kier alpha value is -1.88. The van der Waals surface area contributed by atoms with Crippen molar-refractivity contribution in [1.82, 2.24) is 15.1 Å². The van der Waals surface area contributed by atoms with Crippen LogP contribution in [-0.4, -0.2) is 21.4 Å². The Bertz CT molecular complexity index is 513. The fourth-order valence-corrected chi connectivity index (χ4v) is 1.99. The molecule has 1 atom stereocenters. The molecule has 0 aliphatic carbocycles. The molecule has 0 amide bonds. The van der Waals surface area contributed by atoms with Crippen molar-refractivity contribution in [3.05, 3.63) is 48.0 Å². The normalized spacial score (nSPS) is 12.5. The largest absolute Gasteiger partial charge is 0.508 e. The van der Waals surface area contributed by atoms with Gasteiger partial charge in [0.2, 0.25) is 0 Å². The highest BCUT2D eigenvalue weighted by molar-refractivity contribution is 5.34. The molecule has 0 radical (unpaired) electrons. The van der Waals surface area contributed by atoms with Crippen molar-refractivity contribution >= 4 is 0 Å². The van der Waals surface area contributed by atoms with Gasteiger partial charge in [-0.05, 0) is 32.0 Å². The quantitative estimate of drug-likeness (QED) is 0.787. The summed E-state index contributed by atoms with van der Waals surface area (Å²) in [6, 6.07) is 5.98. The second kappa shape index (κ2) is 6.33. The fraction of sp³-hybridized carbons (Fsp3) is 0.357. The van der Waals surface area contributed by atoms with Crippen LogP contribution in [0, 0.1) is 5.82 Å². The van der Waals surface area contributed by atoms with Gasteiger partial charge < -0.3 is 10.4 Å². The van der Waals surface area contributed by atoms with Crippen molar-refractivity contribution in [2.45, 2.75) is 25.9 Å². The lowest BCUT2D eigenvalue weighted by Gasteiger charge is -2.15. The molecule has 2 aromatic rings. The molecular formula is C14H18FN3O. The minimum atomic E-state index is -0.424. The van der Waals surface area contributed by atoms with Crippen molar-refractivity contribution in [2.75, 3.05) is 6.54 Å². The summed E-state index contributed by atoms with van der Waals surface area (Å²) in [5.41, 5.74) is 0.709. The molecule has 4 nitrogen and oxygen atoms in total. The van der Waals surface area contributed by atoms with Crippen molar-refractivity contribution in [3.8, 4) is 5.75 Å². The molecule has 0 spiro atoms. The van der Waals surface area contributed by atoms with Gasteiger partial charge in [0.1, 0.15) is 11.6 Å². The number of hydrogen-bond acceptors (Lipinski definition) is 3. The number of nitrogens with one attached hydrogen (secondary N) is 1. The van der Waals surface area contributed by atoms with Crippen molar-refractivity contribution in [3.63, 3.8) is 0 Å². The standard InChI is InChI=1S/C14H18FN3O/c1-11(13-5-4-12(15)10-14(13)19)16-6-2-8-18-9-3-7-17-18/h3-5,7,9-11,16,19H,2,6,8H2,1H3. The molecule has 0 fully saturated rings. The Morgan fingerprint density at radius 3 is 3.00 bits per heavy atom. The van der Waals surface area contributed by atoms with E-state index in [1.54, 1.807) is 12.3 Å². The Morgan fingerprint density at radius 2 is 2.32 bits per heavy atom. The van der Waals surface area contributed by atoms with E-state index in [4.69, 9.17) is 0 Å². The van der Waals surface area contributed by atoms with Gasteiger partial charge in [-0.2, -0.15) is 5.10 Å². The summed E-state index contributed by atoms with van der Waals surface area (Å²) in [6.07, 6.45) is 4.62. The van der Waals surface area contributed by atoms with Gasteiger partial charge in [-0.15, -0.1) is 0 Å². The number of rotatable bonds is 6. The molecule has 1 aromatic carbocycles. The van der Waals surface area contributed by atoms with E-state index in [9.17, 15) is 9.50 Å². The van der Waals surface area contributed by atoms with Crippen LogP contribution in [0.5, 0.6) is 5.75 Å². The first-order valence-corrected chi connectivity index (χ1v) is 6.36. The third-order valence-corrected chi connectivity index (χ3v) is 3.03. The number of benzene rings is 1. The molecular weight excluding hydrogens is 245 g/mol. The van der Waals surface area contributed by atoms with Gasteiger partial charge in [0.25, 0.3) is 0 Å². The summed E-state index contributed by atoms with van der Waals surface area (Å²) in [5.74, 6) is -0.431. The second-order valence-electron chi connectivity index (χ2n) is 4.50. The zero-order chi connectivity index (χ0) is 13.7. The van der Waals surface area contributed by atoms with Gasteiger partial charge >= 0.3 is 0 Å². The minimum absolute atomic E-state index is 0.00734. The monoisotopic (exact) mass is 263 g/mol. The highest BCUT2D eigenvalue weighted by Crippen LogP contribution is 2.24. The summed E-state index contributed by atoms with van der Waals surface area (Å²) >= 11 is 0. The fourth-order valence-electron chi connectivity index (χ4n) is 1.99. The highest BCUT2D eigenvalue weighted by atomic mass is 19.1. The van der Waals surface area contributed by atoms with Gasteiger partial charge in [-0.3, -0.25) is 4.68 Å². The number of hydrogen-bond donors (Lipinski definition) is 2. The maximum atomic E-state index is 12.9. The zero-order valence-electron chi connectivity index (χ0n) is 10.9. The summed E-state index contributed by atoms with van der Waals surface area (Å²) in [6.45, 7) is 3.60. The molecule has 0 aliphatic rings. The molecule has 0 saturated carbocycles. The van der Waals surface area contributed by atoms with Gasteiger partial charge in [0.05, 0.1) is 0 Å². The van der Waals surface area contributed by atoms with E-state index >= 15 is 0 Å². The van der Waals surface area contributed by atoms with Gasteiger partial charge in [-0.1, -0.05) is 6.07 Å². The van der Waals surface area contributed by atoms with Crippen LogP contribution in [0.25, 0.3) is 0 Å². The van der Waals surface area contributed by atoms with E-state index in [2.05, 4.69) is 10.4 Å². The highest BCUT2D eigenvalue weighted by Gasteiger charge is 2.10. The van der Waals surface area contributed by atoms with Crippen molar-refractivity contribution in [1.29, 1.82) is 0 Å². The Labute approximate surface area is 111 Å².